The van der Waals surface area contributed by atoms with Crippen LogP contribution in [0.2, 0.25) is 10.0 Å². The molecule has 0 spiro atoms. The zero-order valence-corrected chi connectivity index (χ0v) is 22.7. The van der Waals surface area contributed by atoms with E-state index in [9.17, 15) is 14.4 Å². The van der Waals surface area contributed by atoms with Crippen molar-refractivity contribution in [2.24, 2.45) is 5.10 Å². The standard InChI is InChI=1S/C27H24Cl2N4O7/c1-2-37-23-10-17(4-7-21(23)38-14-25(34)32-20-6-5-18(28)11-19(20)29)13-31-33-27(36)26(35)30-12-16-3-8-22-24(9-16)40-15-39-22/h3-11,13H,2,12,14-15H2,1H3,(H,30,35)(H,32,34)(H,33,36)/b31-13-. The van der Waals surface area contributed by atoms with Gasteiger partial charge in [-0.2, -0.15) is 5.10 Å². The average molecular weight is 587 g/mol. The number of rotatable bonds is 10. The second-order valence-corrected chi connectivity index (χ2v) is 9.01. The Morgan fingerprint density at radius 2 is 1.77 bits per heavy atom. The summed E-state index contributed by atoms with van der Waals surface area (Å²) >= 11 is 12.0. The van der Waals surface area contributed by atoms with Gasteiger partial charge in [0.1, 0.15) is 0 Å². The first-order valence-electron chi connectivity index (χ1n) is 12.0. The first-order chi connectivity index (χ1) is 19.3. The maximum absolute atomic E-state index is 12.3. The van der Waals surface area contributed by atoms with Crippen molar-refractivity contribution in [2.75, 3.05) is 25.3 Å². The number of carbonyl (C=O) groups excluding carboxylic acids is 3. The van der Waals surface area contributed by atoms with Gasteiger partial charge in [0.2, 0.25) is 6.79 Å². The molecule has 0 aliphatic carbocycles. The Morgan fingerprint density at radius 1 is 0.950 bits per heavy atom. The maximum Gasteiger partial charge on any atom is 0.329 e. The largest absolute Gasteiger partial charge is 0.490 e. The Hall–Kier alpha value is -4.48. The summed E-state index contributed by atoms with van der Waals surface area (Å²) < 4.78 is 21.8. The van der Waals surface area contributed by atoms with Crippen molar-refractivity contribution in [2.45, 2.75) is 13.5 Å². The first kappa shape index (κ1) is 28.5. The monoisotopic (exact) mass is 586 g/mol. The minimum Gasteiger partial charge on any atom is -0.490 e. The van der Waals surface area contributed by atoms with Crippen LogP contribution < -0.4 is 35.0 Å². The molecule has 13 heteroatoms. The molecule has 3 N–H and O–H groups in total. The summed E-state index contributed by atoms with van der Waals surface area (Å²) in [7, 11) is 0. The van der Waals surface area contributed by atoms with Gasteiger partial charge in [-0.05, 0) is 66.6 Å². The van der Waals surface area contributed by atoms with Gasteiger partial charge in [0.15, 0.2) is 29.6 Å². The van der Waals surface area contributed by atoms with Gasteiger partial charge in [0.05, 0.1) is 23.5 Å². The number of hydrogen-bond donors (Lipinski definition) is 3. The number of amides is 3. The molecule has 0 fully saturated rings. The molecule has 1 aliphatic rings. The summed E-state index contributed by atoms with van der Waals surface area (Å²) in [5.74, 6) is -0.341. The molecular weight excluding hydrogens is 563 g/mol. The lowest BCUT2D eigenvalue weighted by atomic mass is 10.2. The molecule has 3 aromatic rings. The Kier molecular flexibility index (Phi) is 9.66. The third-order valence-electron chi connectivity index (χ3n) is 5.31. The SMILES string of the molecule is CCOc1cc(/C=N\NC(=O)C(=O)NCc2ccc3c(c2)OCO3)ccc1OCC(=O)Nc1ccc(Cl)cc1Cl. The molecule has 40 heavy (non-hydrogen) atoms. The Labute approximate surface area is 239 Å². The predicted octanol–water partition coefficient (Wildman–Crippen LogP) is 3.90. The van der Waals surface area contributed by atoms with Crippen molar-refractivity contribution < 1.29 is 33.3 Å². The zero-order valence-electron chi connectivity index (χ0n) is 21.2. The second kappa shape index (κ2) is 13.5. The highest BCUT2D eigenvalue weighted by atomic mass is 35.5. The number of ether oxygens (including phenoxy) is 4. The van der Waals surface area contributed by atoms with Gasteiger partial charge in [-0.1, -0.05) is 29.3 Å². The van der Waals surface area contributed by atoms with Crippen molar-refractivity contribution in [1.29, 1.82) is 0 Å². The lowest BCUT2D eigenvalue weighted by Crippen LogP contribution is -2.37. The van der Waals surface area contributed by atoms with E-state index in [4.69, 9.17) is 42.1 Å². The molecule has 11 nitrogen and oxygen atoms in total. The summed E-state index contributed by atoms with van der Waals surface area (Å²) in [5.41, 5.74) is 3.87. The van der Waals surface area contributed by atoms with Gasteiger partial charge in [0.25, 0.3) is 5.91 Å². The van der Waals surface area contributed by atoms with E-state index in [0.717, 1.165) is 5.56 Å². The van der Waals surface area contributed by atoms with Gasteiger partial charge >= 0.3 is 11.8 Å². The number of benzene rings is 3. The van der Waals surface area contributed by atoms with Gasteiger partial charge in [0, 0.05) is 11.6 Å². The lowest BCUT2D eigenvalue weighted by molar-refractivity contribution is -0.139. The number of carbonyl (C=O) groups is 3. The normalized spacial score (nSPS) is 11.7. The van der Waals surface area contributed by atoms with Crippen molar-refractivity contribution in [1.82, 2.24) is 10.7 Å². The molecule has 3 aromatic carbocycles. The van der Waals surface area contributed by atoms with Crippen molar-refractivity contribution in [3.63, 3.8) is 0 Å². The predicted molar refractivity (Wildman–Crippen MR) is 148 cm³/mol. The molecule has 0 atom stereocenters. The average Bonchev–Trinajstić information content (AvgIpc) is 3.41. The minimum absolute atomic E-state index is 0.122. The number of fused-ring (bicyclic) bond motifs is 1. The van der Waals surface area contributed by atoms with Crippen LogP contribution in [0.3, 0.4) is 0 Å². The van der Waals surface area contributed by atoms with E-state index in [1.54, 1.807) is 55.5 Å². The molecule has 3 amide bonds. The number of anilines is 1. The van der Waals surface area contributed by atoms with Gasteiger partial charge in [-0.15, -0.1) is 0 Å². The van der Waals surface area contributed by atoms with Crippen LogP contribution in [0.15, 0.2) is 59.7 Å². The highest BCUT2D eigenvalue weighted by Crippen LogP contribution is 2.32. The van der Waals surface area contributed by atoms with Gasteiger partial charge < -0.3 is 29.6 Å². The topological polar surface area (TPSA) is 137 Å². The molecule has 0 radical (unpaired) electrons. The van der Waals surface area contributed by atoms with Crippen LogP contribution in [-0.2, 0) is 20.9 Å². The van der Waals surface area contributed by atoms with E-state index in [1.807, 2.05) is 0 Å². The molecule has 4 rings (SSSR count). The van der Waals surface area contributed by atoms with E-state index in [1.165, 1.54) is 12.3 Å². The fourth-order valence-corrected chi connectivity index (χ4v) is 3.90. The van der Waals surface area contributed by atoms with E-state index >= 15 is 0 Å². The molecule has 208 valence electrons. The van der Waals surface area contributed by atoms with Crippen LogP contribution in [0.25, 0.3) is 0 Å². The lowest BCUT2D eigenvalue weighted by Gasteiger charge is -2.13. The van der Waals surface area contributed by atoms with Crippen LogP contribution in [0, 0.1) is 0 Å². The van der Waals surface area contributed by atoms with Crippen LogP contribution >= 0.6 is 23.2 Å². The van der Waals surface area contributed by atoms with Crippen molar-refractivity contribution >= 4 is 52.8 Å². The van der Waals surface area contributed by atoms with Crippen molar-refractivity contribution in [3.8, 4) is 23.0 Å². The summed E-state index contributed by atoms with van der Waals surface area (Å²) in [5, 5.41) is 9.73. The smallest absolute Gasteiger partial charge is 0.329 e. The summed E-state index contributed by atoms with van der Waals surface area (Å²) in [4.78, 5) is 36.5. The highest BCUT2D eigenvalue weighted by molar-refractivity contribution is 6.36. The molecule has 1 heterocycles. The number of hydrazone groups is 1. The van der Waals surface area contributed by atoms with Crippen LogP contribution in [0.4, 0.5) is 5.69 Å². The summed E-state index contributed by atoms with van der Waals surface area (Å²) in [6, 6.07) is 14.8. The Balaban J connectivity index is 1.27. The van der Waals surface area contributed by atoms with Crippen LogP contribution in [0.5, 0.6) is 23.0 Å². The summed E-state index contributed by atoms with van der Waals surface area (Å²) in [6.45, 7) is 2.10. The molecule has 0 saturated heterocycles. The Bertz CT molecular complexity index is 1450. The minimum atomic E-state index is -0.936. The number of nitrogens with zero attached hydrogens (tertiary/aromatic N) is 1. The fourth-order valence-electron chi connectivity index (χ4n) is 3.44. The quantitative estimate of drug-likeness (QED) is 0.186. The zero-order chi connectivity index (χ0) is 28.5. The molecule has 0 unspecified atom stereocenters. The maximum atomic E-state index is 12.3. The highest BCUT2D eigenvalue weighted by Gasteiger charge is 2.16. The van der Waals surface area contributed by atoms with E-state index in [2.05, 4.69) is 21.2 Å². The van der Waals surface area contributed by atoms with Gasteiger partial charge in [-0.25, -0.2) is 5.43 Å². The second-order valence-electron chi connectivity index (χ2n) is 8.17. The third kappa shape index (κ3) is 7.78. The van der Waals surface area contributed by atoms with E-state index in [-0.39, 0.29) is 19.9 Å². The molecular formula is C27H24Cl2N4O7. The number of hydrogen-bond acceptors (Lipinski definition) is 8. The number of nitrogens with one attached hydrogen (secondary N) is 3. The van der Waals surface area contributed by atoms with Crippen LogP contribution in [-0.4, -0.2) is 43.9 Å². The van der Waals surface area contributed by atoms with E-state index < -0.39 is 17.7 Å². The first-order valence-corrected chi connectivity index (χ1v) is 12.7. The molecule has 1 aliphatic heterocycles. The fraction of sp³-hybridized carbons (Fsp3) is 0.185. The van der Waals surface area contributed by atoms with Gasteiger partial charge in [-0.3, -0.25) is 14.4 Å². The van der Waals surface area contributed by atoms with Crippen molar-refractivity contribution in [3.05, 3.63) is 75.8 Å². The summed E-state index contributed by atoms with van der Waals surface area (Å²) in [6.07, 6.45) is 1.34. The number of halogens is 2. The molecule has 0 saturated carbocycles. The molecule has 0 aromatic heterocycles. The molecule has 0 bridgehead atoms. The van der Waals surface area contributed by atoms with E-state index in [0.29, 0.717) is 50.9 Å². The third-order valence-corrected chi connectivity index (χ3v) is 5.86. The van der Waals surface area contributed by atoms with Crippen LogP contribution in [0.1, 0.15) is 18.1 Å². The Morgan fingerprint density at radius 3 is 2.58 bits per heavy atom.